The second-order valence-corrected chi connectivity index (χ2v) is 3.63. The molecule has 1 saturated heterocycles. The molecule has 1 aliphatic heterocycles. The summed E-state index contributed by atoms with van der Waals surface area (Å²) in [4.78, 5) is 2.40. The largest absolute Gasteiger partial charge is 0.379 e. The zero-order chi connectivity index (χ0) is 9.80. The fourth-order valence-electron chi connectivity index (χ4n) is 1.64. The molecule has 2 heteroatoms. The van der Waals surface area contributed by atoms with E-state index in [0.717, 1.165) is 38.4 Å². The van der Waals surface area contributed by atoms with Crippen molar-refractivity contribution < 1.29 is 4.74 Å². The number of benzene rings is 1. The first-order chi connectivity index (χ1) is 6.84. The van der Waals surface area contributed by atoms with Crippen molar-refractivity contribution in [1.82, 2.24) is 4.90 Å². The smallest absolute Gasteiger partial charge is 0.0594 e. The fourth-order valence-corrected chi connectivity index (χ4v) is 1.64. The second-order valence-electron chi connectivity index (χ2n) is 3.63. The molecule has 0 unspecified atom stereocenters. The molecular formula is C12H15NO. The van der Waals surface area contributed by atoms with Crippen LogP contribution in [0.2, 0.25) is 0 Å². The first kappa shape index (κ1) is 9.69. The van der Waals surface area contributed by atoms with Gasteiger partial charge in [0.15, 0.2) is 0 Å². The van der Waals surface area contributed by atoms with Crippen LogP contribution in [0.4, 0.5) is 0 Å². The Hall–Kier alpha value is -0.860. The first-order valence-electron chi connectivity index (χ1n) is 4.99. The molecule has 0 atom stereocenters. The van der Waals surface area contributed by atoms with Gasteiger partial charge in [-0.15, -0.1) is 0 Å². The topological polar surface area (TPSA) is 12.5 Å². The number of nitrogens with zero attached hydrogens (tertiary/aromatic N) is 1. The van der Waals surface area contributed by atoms with E-state index >= 15 is 0 Å². The minimum Gasteiger partial charge on any atom is -0.379 e. The van der Waals surface area contributed by atoms with Gasteiger partial charge in [0, 0.05) is 19.6 Å². The highest BCUT2D eigenvalue weighted by molar-refractivity contribution is 5.24. The van der Waals surface area contributed by atoms with Gasteiger partial charge in [0.05, 0.1) is 13.2 Å². The summed E-state index contributed by atoms with van der Waals surface area (Å²) < 4.78 is 5.29. The van der Waals surface area contributed by atoms with Crippen LogP contribution >= 0.6 is 0 Å². The molecule has 2 nitrogen and oxygen atoms in total. The van der Waals surface area contributed by atoms with E-state index in [1.807, 2.05) is 12.1 Å². The van der Waals surface area contributed by atoms with Gasteiger partial charge in [0.25, 0.3) is 0 Å². The standard InChI is InChI=1S/C12H15NO/c1-11-2-4-12(5-3-11)10-13-6-8-14-9-7-13/h1-5H,6-10H2. The van der Waals surface area contributed by atoms with E-state index in [0.29, 0.717) is 0 Å². The minimum atomic E-state index is 0.829. The van der Waals surface area contributed by atoms with Crippen molar-refractivity contribution in [2.24, 2.45) is 0 Å². The van der Waals surface area contributed by atoms with Gasteiger partial charge in [-0.1, -0.05) is 24.3 Å². The fraction of sp³-hybridized carbons (Fsp3) is 0.417. The summed E-state index contributed by atoms with van der Waals surface area (Å²) in [6, 6.07) is 8.08. The third-order valence-corrected chi connectivity index (χ3v) is 2.49. The third kappa shape index (κ3) is 2.56. The zero-order valence-corrected chi connectivity index (χ0v) is 8.28. The maximum atomic E-state index is 5.63. The molecule has 1 aromatic rings. The third-order valence-electron chi connectivity index (χ3n) is 2.49. The molecule has 2 radical (unpaired) electrons. The Morgan fingerprint density at radius 3 is 2.43 bits per heavy atom. The number of ether oxygens (including phenoxy) is 1. The molecule has 0 aromatic heterocycles. The van der Waals surface area contributed by atoms with Crippen LogP contribution in [-0.2, 0) is 11.3 Å². The molecule has 0 spiro atoms. The molecule has 0 N–H and O–H groups in total. The van der Waals surface area contributed by atoms with Crippen molar-refractivity contribution in [3.05, 3.63) is 42.3 Å². The van der Waals surface area contributed by atoms with Crippen LogP contribution in [-0.4, -0.2) is 31.2 Å². The molecule has 1 aromatic carbocycles. The second kappa shape index (κ2) is 4.58. The number of rotatable bonds is 2. The Morgan fingerprint density at radius 2 is 1.79 bits per heavy atom. The van der Waals surface area contributed by atoms with E-state index < -0.39 is 0 Å². The number of morpholine rings is 1. The number of hydrogen-bond acceptors (Lipinski definition) is 2. The molecule has 14 heavy (non-hydrogen) atoms. The highest BCUT2D eigenvalue weighted by Gasteiger charge is 2.09. The van der Waals surface area contributed by atoms with Gasteiger partial charge in [0.2, 0.25) is 0 Å². The van der Waals surface area contributed by atoms with E-state index in [4.69, 9.17) is 11.7 Å². The summed E-state index contributed by atoms with van der Waals surface area (Å²) in [5, 5.41) is 0. The van der Waals surface area contributed by atoms with Crippen LogP contribution < -0.4 is 0 Å². The van der Waals surface area contributed by atoms with Crippen molar-refractivity contribution in [2.75, 3.05) is 26.3 Å². The van der Waals surface area contributed by atoms with Gasteiger partial charge >= 0.3 is 0 Å². The van der Waals surface area contributed by atoms with Crippen molar-refractivity contribution >= 4 is 0 Å². The highest BCUT2D eigenvalue weighted by Crippen LogP contribution is 2.08. The van der Waals surface area contributed by atoms with Gasteiger partial charge in [0.1, 0.15) is 0 Å². The molecule has 0 saturated carbocycles. The van der Waals surface area contributed by atoms with Crippen molar-refractivity contribution in [3.8, 4) is 0 Å². The van der Waals surface area contributed by atoms with Gasteiger partial charge in [-0.25, -0.2) is 0 Å². The van der Waals surface area contributed by atoms with Crippen LogP contribution in [0.5, 0.6) is 0 Å². The SMILES string of the molecule is [CH]c1ccc(CN2CCOCC2)cc1. The van der Waals surface area contributed by atoms with E-state index in [-0.39, 0.29) is 0 Å². The quantitative estimate of drug-likeness (QED) is 0.700. The predicted molar refractivity (Wildman–Crippen MR) is 55.9 cm³/mol. The highest BCUT2D eigenvalue weighted by atomic mass is 16.5. The molecule has 74 valence electrons. The molecular weight excluding hydrogens is 174 g/mol. The van der Waals surface area contributed by atoms with Crippen molar-refractivity contribution in [2.45, 2.75) is 6.54 Å². The summed E-state index contributed by atoms with van der Waals surface area (Å²) >= 11 is 0. The maximum absolute atomic E-state index is 5.63. The van der Waals surface area contributed by atoms with Gasteiger partial charge in [-0.2, -0.15) is 0 Å². The van der Waals surface area contributed by atoms with Crippen LogP contribution in [0.3, 0.4) is 0 Å². The Bertz CT molecular complexity index is 275. The molecule has 0 bridgehead atoms. The van der Waals surface area contributed by atoms with Crippen molar-refractivity contribution in [3.63, 3.8) is 0 Å². The van der Waals surface area contributed by atoms with Crippen molar-refractivity contribution in [1.29, 1.82) is 0 Å². The lowest BCUT2D eigenvalue weighted by Gasteiger charge is -2.26. The van der Waals surface area contributed by atoms with Crippen LogP contribution in [0, 0.1) is 6.92 Å². The average Bonchev–Trinajstić information content (AvgIpc) is 2.23. The summed E-state index contributed by atoms with van der Waals surface area (Å²) in [7, 11) is 0. The maximum Gasteiger partial charge on any atom is 0.0594 e. The van der Waals surface area contributed by atoms with Gasteiger partial charge in [-0.05, 0) is 18.1 Å². The molecule has 0 amide bonds. The Balaban J connectivity index is 1.92. The van der Waals surface area contributed by atoms with E-state index in [2.05, 4.69) is 17.0 Å². The lowest BCUT2D eigenvalue weighted by molar-refractivity contribution is 0.0342. The molecule has 1 heterocycles. The molecule has 0 aliphatic carbocycles. The van der Waals surface area contributed by atoms with Crippen LogP contribution in [0.1, 0.15) is 11.1 Å². The molecule has 1 aliphatic rings. The summed E-state index contributed by atoms with van der Waals surface area (Å²) in [6.45, 7) is 10.4. The Labute approximate surface area is 85.5 Å². The molecule has 1 fully saturated rings. The molecule has 2 rings (SSSR count). The van der Waals surface area contributed by atoms with E-state index in [9.17, 15) is 0 Å². The van der Waals surface area contributed by atoms with Crippen LogP contribution in [0.15, 0.2) is 24.3 Å². The summed E-state index contributed by atoms with van der Waals surface area (Å²) in [5.41, 5.74) is 2.15. The normalized spacial score (nSPS) is 18.4. The number of hydrogen-bond donors (Lipinski definition) is 0. The predicted octanol–water partition coefficient (Wildman–Crippen LogP) is 1.58. The zero-order valence-electron chi connectivity index (χ0n) is 8.28. The van der Waals surface area contributed by atoms with Gasteiger partial charge in [-0.3, -0.25) is 4.90 Å². The van der Waals surface area contributed by atoms with E-state index in [1.54, 1.807) is 0 Å². The summed E-state index contributed by atoms with van der Waals surface area (Å²) in [6.07, 6.45) is 0. The van der Waals surface area contributed by atoms with Gasteiger partial charge < -0.3 is 4.74 Å². The monoisotopic (exact) mass is 189 g/mol. The minimum absolute atomic E-state index is 0.829. The summed E-state index contributed by atoms with van der Waals surface area (Å²) in [5.74, 6) is 0. The first-order valence-corrected chi connectivity index (χ1v) is 4.99. The lowest BCUT2D eigenvalue weighted by Crippen LogP contribution is -2.35. The van der Waals surface area contributed by atoms with E-state index in [1.165, 1.54) is 5.56 Å². The average molecular weight is 189 g/mol. The lowest BCUT2D eigenvalue weighted by atomic mass is 10.1. The Morgan fingerprint density at radius 1 is 1.14 bits per heavy atom. The van der Waals surface area contributed by atoms with Crippen LogP contribution in [0.25, 0.3) is 0 Å². The Kier molecular flexibility index (Phi) is 3.17.